The lowest BCUT2D eigenvalue weighted by Crippen LogP contribution is -2.52. The van der Waals surface area contributed by atoms with Crippen LogP contribution < -0.4 is 0 Å². The largest absolute Gasteiger partial charge is 0.378 e. The minimum Gasteiger partial charge on any atom is -0.378 e. The molecule has 1 aromatic rings. The van der Waals surface area contributed by atoms with Crippen molar-refractivity contribution in [3.8, 4) is 0 Å². The van der Waals surface area contributed by atoms with Crippen molar-refractivity contribution in [2.75, 3.05) is 39.9 Å². The maximum Gasteiger partial charge on any atom is 0.240 e. The van der Waals surface area contributed by atoms with Crippen LogP contribution in [0.4, 0.5) is 0 Å². The van der Waals surface area contributed by atoms with Gasteiger partial charge >= 0.3 is 0 Å². The van der Waals surface area contributed by atoms with Gasteiger partial charge in [-0.25, -0.2) is 0 Å². The number of rotatable bonds is 5. The number of carbonyl (C=O) groups is 1. The van der Waals surface area contributed by atoms with Gasteiger partial charge in [0.1, 0.15) is 6.61 Å². The Balaban J connectivity index is 1.47. The third-order valence-electron chi connectivity index (χ3n) is 4.75. The van der Waals surface area contributed by atoms with Crippen molar-refractivity contribution in [1.29, 1.82) is 0 Å². The molecule has 1 amide bonds. The molecule has 1 aromatic heterocycles. The number of hydrogen-bond donors (Lipinski definition) is 0. The van der Waals surface area contributed by atoms with Crippen LogP contribution in [0, 0.1) is 5.92 Å². The van der Waals surface area contributed by atoms with E-state index >= 15 is 0 Å². The third-order valence-corrected chi connectivity index (χ3v) is 4.75. The zero-order chi connectivity index (χ0) is 16.9. The van der Waals surface area contributed by atoms with Gasteiger partial charge in [-0.05, 0) is 19.8 Å². The maximum atomic E-state index is 12.7. The van der Waals surface area contributed by atoms with Crippen LogP contribution >= 0.6 is 0 Å². The van der Waals surface area contributed by atoms with E-state index in [4.69, 9.17) is 14.0 Å². The predicted octanol–water partition coefficient (Wildman–Crippen LogP) is 0.675. The Kier molecular flexibility index (Phi) is 5.80. The van der Waals surface area contributed by atoms with Crippen LogP contribution in [0.25, 0.3) is 0 Å². The van der Waals surface area contributed by atoms with E-state index in [9.17, 15) is 4.79 Å². The lowest BCUT2D eigenvalue weighted by Gasteiger charge is -2.38. The van der Waals surface area contributed by atoms with Crippen molar-refractivity contribution in [2.24, 2.45) is 5.92 Å². The van der Waals surface area contributed by atoms with E-state index in [-0.39, 0.29) is 17.9 Å². The predicted molar refractivity (Wildman–Crippen MR) is 85.0 cm³/mol. The number of hydrogen-bond acceptors (Lipinski definition) is 7. The topological polar surface area (TPSA) is 80.9 Å². The van der Waals surface area contributed by atoms with Crippen LogP contribution in [-0.2, 0) is 27.4 Å². The number of ether oxygens (including phenoxy) is 2. The summed E-state index contributed by atoms with van der Waals surface area (Å²) in [6, 6.07) is 0. The molecule has 8 nitrogen and oxygen atoms in total. The Hall–Kier alpha value is -1.51. The standard InChI is InChI=1S/C16H26N4O4/c1-12-13(4-3-9-23-12)16(21)20-7-5-19(6-8-20)10-15-17-14(11-22-2)18-24-15/h12-13H,3-11H2,1-2H3/t12-,13+/m0/s1. The molecule has 134 valence electrons. The molecule has 0 aromatic carbocycles. The van der Waals surface area contributed by atoms with E-state index in [1.807, 2.05) is 11.8 Å². The molecule has 2 fully saturated rings. The summed E-state index contributed by atoms with van der Waals surface area (Å²) in [4.78, 5) is 21.2. The van der Waals surface area contributed by atoms with E-state index in [1.165, 1.54) is 0 Å². The fourth-order valence-corrected chi connectivity index (χ4v) is 3.34. The molecular weight excluding hydrogens is 312 g/mol. The van der Waals surface area contributed by atoms with Crippen LogP contribution in [0.3, 0.4) is 0 Å². The molecule has 2 aliphatic rings. The quantitative estimate of drug-likeness (QED) is 0.781. The van der Waals surface area contributed by atoms with Crippen LogP contribution in [0.15, 0.2) is 4.52 Å². The van der Waals surface area contributed by atoms with E-state index in [0.717, 1.165) is 45.6 Å². The highest BCUT2D eigenvalue weighted by Crippen LogP contribution is 2.23. The zero-order valence-corrected chi connectivity index (χ0v) is 14.4. The molecule has 0 saturated carbocycles. The first-order valence-electron chi connectivity index (χ1n) is 8.60. The number of amides is 1. The van der Waals surface area contributed by atoms with Crippen LogP contribution in [0.2, 0.25) is 0 Å². The van der Waals surface area contributed by atoms with Crippen molar-refractivity contribution < 1.29 is 18.8 Å². The normalized spacial score (nSPS) is 25.8. The molecule has 0 radical (unpaired) electrons. The Morgan fingerprint density at radius 1 is 1.33 bits per heavy atom. The smallest absolute Gasteiger partial charge is 0.240 e. The molecule has 2 saturated heterocycles. The maximum absolute atomic E-state index is 12.7. The van der Waals surface area contributed by atoms with Crippen molar-refractivity contribution >= 4 is 5.91 Å². The number of carbonyl (C=O) groups excluding carboxylic acids is 1. The Morgan fingerprint density at radius 3 is 2.83 bits per heavy atom. The van der Waals surface area contributed by atoms with E-state index in [1.54, 1.807) is 7.11 Å². The summed E-state index contributed by atoms with van der Waals surface area (Å²) in [5, 5.41) is 3.87. The molecule has 0 N–H and O–H groups in total. The van der Waals surface area contributed by atoms with Crippen molar-refractivity contribution in [1.82, 2.24) is 19.9 Å². The lowest BCUT2D eigenvalue weighted by molar-refractivity contribution is -0.145. The van der Waals surface area contributed by atoms with Gasteiger partial charge in [0.05, 0.1) is 18.6 Å². The molecule has 2 atom stereocenters. The van der Waals surface area contributed by atoms with Gasteiger partial charge in [-0.3, -0.25) is 9.69 Å². The van der Waals surface area contributed by atoms with Gasteiger partial charge in [-0.15, -0.1) is 0 Å². The molecule has 3 rings (SSSR count). The summed E-state index contributed by atoms with van der Waals surface area (Å²) in [5.74, 6) is 1.41. The first-order valence-corrected chi connectivity index (χ1v) is 8.60. The molecule has 2 aliphatic heterocycles. The summed E-state index contributed by atoms with van der Waals surface area (Å²) in [5.41, 5.74) is 0. The molecule has 24 heavy (non-hydrogen) atoms. The van der Waals surface area contributed by atoms with Crippen molar-refractivity contribution in [2.45, 2.75) is 39.0 Å². The van der Waals surface area contributed by atoms with Gasteiger partial charge in [0, 0.05) is 39.9 Å². The summed E-state index contributed by atoms with van der Waals surface area (Å²) in [6.45, 7) is 6.85. The SMILES string of the molecule is COCc1noc(CN2CCN(C(=O)[C@@H]3CCCO[C@H]3C)CC2)n1. The van der Waals surface area contributed by atoms with E-state index < -0.39 is 0 Å². The fourth-order valence-electron chi connectivity index (χ4n) is 3.34. The number of nitrogens with zero attached hydrogens (tertiary/aromatic N) is 4. The van der Waals surface area contributed by atoms with Crippen LogP contribution in [0.5, 0.6) is 0 Å². The van der Waals surface area contributed by atoms with Gasteiger partial charge in [0.25, 0.3) is 0 Å². The summed E-state index contributed by atoms with van der Waals surface area (Å²) in [7, 11) is 1.60. The Morgan fingerprint density at radius 2 is 2.12 bits per heavy atom. The summed E-state index contributed by atoms with van der Waals surface area (Å²) >= 11 is 0. The molecule has 0 aliphatic carbocycles. The highest BCUT2D eigenvalue weighted by Gasteiger charge is 2.33. The lowest BCUT2D eigenvalue weighted by atomic mass is 9.93. The average molecular weight is 338 g/mol. The first kappa shape index (κ1) is 17.3. The second kappa shape index (κ2) is 8.04. The first-order chi connectivity index (χ1) is 11.7. The average Bonchev–Trinajstić information content (AvgIpc) is 3.03. The Labute approximate surface area is 142 Å². The third kappa shape index (κ3) is 4.12. The molecular formula is C16H26N4O4. The Bertz CT molecular complexity index is 542. The van der Waals surface area contributed by atoms with Crippen LogP contribution in [0.1, 0.15) is 31.5 Å². The van der Waals surface area contributed by atoms with Crippen LogP contribution in [-0.4, -0.2) is 71.8 Å². The van der Waals surface area contributed by atoms with E-state index in [0.29, 0.717) is 24.9 Å². The molecule has 0 spiro atoms. The van der Waals surface area contributed by atoms with Gasteiger partial charge in [0.2, 0.25) is 11.8 Å². The van der Waals surface area contributed by atoms with Gasteiger partial charge in [-0.2, -0.15) is 4.98 Å². The highest BCUT2D eigenvalue weighted by molar-refractivity contribution is 5.79. The number of methoxy groups -OCH3 is 1. The molecule has 0 unspecified atom stereocenters. The summed E-state index contributed by atoms with van der Waals surface area (Å²) in [6.07, 6.45) is 1.94. The van der Waals surface area contributed by atoms with E-state index in [2.05, 4.69) is 15.0 Å². The highest BCUT2D eigenvalue weighted by atomic mass is 16.5. The monoisotopic (exact) mass is 338 g/mol. The fraction of sp³-hybridized carbons (Fsp3) is 0.812. The number of aromatic nitrogens is 2. The van der Waals surface area contributed by atoms with Crippen molar-refractivity contribution in [3.05, 3.63) is 11.7 Å². The second-order valence-corrected chi connectivity index (χ2v) is 6.46. The second-order valence-electron chi connectivity index (χ2n) is 6.46. The van der Waals surface area contributed by atoms with Gasteiger partial charge in [0.15, 0.2) is 5.82 Å². The minimum absolute atomic E-state index is 0.0119. The van der Waals surface area contributed by atoms with Crippen molar-refractivity contribution in [3.63, 3.8) is 0 Å². The van der Waals surface area contributed by atoms with Gasteiger partial charge < -0.3 is 18.9 Å². The molecule has 3 heterocycles. The summed E-state index contributed by atoms with van der Waals surface area (Å²) < 4.78 is 15.8. The zero-order valence-electron chi connectivity index (χ0n) is 14.4. The molecule has 0 bridgehead atoms. The minimum atomic E-state index is 0.0119. The molecule has 8 heteroatoms. The van der Waals surface area contributed by atoms with Gasteiger partial charge in [-0.1, -0.05) is 5.16 Å². The number of piperazine rings is 1.